The normalized spacial score (nSPS) is 11.9. The van der Waals surface area contributed by atoms with Crippen LogP contribution in [0, 0.1) is 0 Å². The van der Waals surface area contributed by atoms with Gasteiger partial charge in [-0.15, -0.1) is 10.2 Å². The van der Waals surface area contributed by atoms with Crippen molar-refractivity contribution in [1.29, 1.82) is 0 Å². The van der Waals surface area contributed by atoms with Crippen molar-refractivity contribution in [3.63, 3.8) is 0 Å². The van der Waals surface area contributed by atoms with Crippen molar-refractivity contribution in [3.05, 3.63) is 70.5 Å². The van der Waals surface area contributed by atoms with E-state index in [-0.39, 0.29) is 5.89 Å². The summed E-state index contributed by atoms with van der Waals surface area (Å²) in [6.45, 7) is 1.69. The van der Waals surface area contributed by atoms with Gasteiger partial charge in [-0.25, -0.2) is 4.79 Å². The number of carbonyl (C=O) groups is 1. The van der Waals surface area contributed by atoms with Crippen LogP contribution in [0.3, 0.4) is 0 Å². The number of aromatic nitrogens is 2. The fourth-order valence-corrected chi connectivity index (χ4v) is 2.39. The van der Waals surface area contributed by atoms with Gasteiger partial charge in [0.1, 0.15) is 0 Å². The van der Waals surface area contributed by atoms with Crippen LogP contribution in [-0.4, -0.2) is 16.2 Å². The number of ether oxygens (including phenoxy) is 1. The van der Waals surface area contributed by atoms with E-state index in [9.17, 15) is 4.79 Å². The number of carbonyl (C=O) groups excluding carboxylic acids is 1. The highest BCUT2D eigenvalue weighted by Gasteiger charge is 2.20. The summed E-state index contributed by atoms with van der Waals surface area (Å²) in [5.41, 5.74) is 1.27. The molecule has 0 saturated carbocycles. The molecule has 0 fully saturated rings. The maximum atomic E-state index is 12.1. The standard InChI is InChI=1S/C17H13BrN2O3/c1-11(22-17(21)13-8-5-9-14(18)10-13)15-19-20-16(23-15)12-6-3-2-4-7-12/h2-11H,1H3/t11-/m1/s1. The molecule has 0 bridgehead atoms. The Kier molecular flexibility index (Phi) is 4.52. The van der Waals surface area contributed by atoms with E-state index in [1.165, 1.54) is 0 Å². The van der Waals surface area contributed by atoms with E-state index in [0.29, 0.717) is 11.5 Å². The van der Waals surface area contributed by atoms with Gasteiger partial charge in [-0.1, -0.05) is 40.2 Å². The second-order valence-corrected chi connectivity index (χ2v) is 5.79. The van der Waals surface area contributed by atoms with E-state index >= 15 is 0 Å². The fraction of sp³-hybridized carbons (Fsp3) is 0.118. The molecule has 0 saturated heterocycles. The summed E-state index contributed by atoms with van der Waals surface area (Å²) < 4.78 is 11.8. The summed E-state index contributed by atoms with van der Waals surface area (Å²) in [4.78, 5) is 12.1. The Morgan fingerprint density at radius 1 is 1.13 bits per heavy atom. The molecular formula is C17H13BrN2O3. The van der Waals surface area contributed by atoms with Gasteiger partial charge in [0.15, 0.2) is 6.10 Å². The van der Waals surface area contributed by atoms with Gasteiger partial charge in [0.2, 0.25) is 5.89 Å². The Morgan fingerprint density at radius 3 is 2.65 bits per heavy atom. The molecule has 0 spiro atoms. The molecule has 3 rings (SSSR count). The van der Waals surface area contributed by atoms with Crippen LogP contribution in [0.25, 0.3) is 11.5 Å². The molecule has 2 aromatic carbocycles. The van der Waals surface area contributed by atoms with Gasteiger partial charge in [0.25, 0.3) is 5.89 Å². The number of hydrogen-bond donors (Lipinski definition) is 0. The lowest BCUT2D eigenvalue weighted by Crippen LogP contribution is -2.09. The molecule has 0 unspecified atom stereocenters. The average molecular weight is 373 g/mol. The summed E-state index contributed by atoms with van der Waals surface area (Å²) >= 11 is 3.32. The first-order valence-corrected chi connectivity index (χ1v) is 7.78. The highest BCUT2D eigenvalue weighted by Crippen LogP contribution is 2.23. The van der Waals surface area contributed by atoms with Crippen molar-refractivity contribution in [2.24, 2.45) is 0 Å². The zero-order valence-electron chi connectivity index (χ0n) is 12.3. The molecule has 0 aliphatic rings. The quantitative estimate of drug-likeness (QED) is 0.634. The minimum atomic E-state index is -0.633. The topological polar surface area (TPSA) is 65.2 Å². The van der Waals surface area contributed by atoms with E-state index in [0.717, 1.165) is 10.0 Å². The van der Waals surface area contributed by atoms with Crippen molar-refractivity contribution in [2.45, 2.75) is 13.0 Å². The molecule has 0 radical (unpaired) electrons. The summed E-state index contributed by atoms with van der Waals surface area (Å²) in [5.74, 6) is 0.205. The highest BCUT2D eigenvalue weighted by molar-refractivity contribution is 9.10. The third-order valence-corrected chi connectivity index (χ3v) is 3.65. The third-order valence-electron chi connectivity index (χ3n) is 3.15. The third kappa shape index (κ3) is 3.65. The van der Waals surface area contributed by atoms with Crippen molar-refractivity contribution < 1.29 is 13.9 Å². The number of halogens is 1. The molecule has 0 aliphatic carbocycles. The van der Waals surface area contributed by atoms with Crippen LogP contribution in [0.4, 0.5) is 0 Å². The largest absolute Gasteiger partial charge is 0.449 e. The monoisotopic (exact) mass is 372 g/mol. The van der Waals surface area contributed by atoms with E-state index in [1.807, 2.05) is 36.4 Å². The number of rotatable bonds is 4. The second-order valence-electron chi connectivity index (χ2n) is 4.87. The minimum Gasteiger partial charge on any atom is -0.449 e. The van der Waals surface area contributed by atoms with Gasteiger partial charge in [0, 0.05) is 10.0 Å². The van der Waals surface area contributed by atoms with Crippen LogP contribution in [0.1, 0.15) is 29.3 Å². The van der Waals surface area contributed by atoms with E-state index in [4.69, 9.17) is 9.15 Å². The first-order chi connectivity index (χ1) is 11.1. The summed E-state index contributed by atoms with van der Waals surface area (Å²) in [5, 5.41) is 7.94. The molecule has 116 valence electrons. The van der Waals surface area contributed by atoms with Gasteiger partial charge < -0.3 is 9.15 Å². The Balaban J connectivity index is 1.73. The predicted octanol–water partition coefficient (Wildman–Crippen LogP) is 4.42. The van der Waals surface area contributed by atoms with Crippen molar-refractivity contribution >= 4 is 21.9 Å². The predicted molar refractivity (Wildman–Crippen MR) is 87.7 cm³/mol. The maximum absolute atomic E-state index is 12.1. The average Bonchev–Trinajstić information content (AvgIpc) is 3.06. The van der Waals surface area contributed by atoms with E-state index in [1.54, 1.807) is 25.1 Å². The Bertz CT molecular complexity index is 817. The molecule has 1 heterocycles. The van der Waals surface area contributed by atoms with Crippen LogP contribution >= 0.6 is 15.9 Å². The molecule has 5 nitrogen and oxygen atoms in total. The van der Waals surface area contributed by atoms with Crippen LogP contribution < -0.4 is 0 Å². The molecule has 0 amide bonds. The van der Waals surface area contributed by atoms with E-state index < -0.39 is 12.1 Å². The molecule has 3 aromatic rings. The number of nitrogens with zero attached hydrogens (tertiary/aromatic N) is 2. The van der Waals surface area contributed by atoms with Crippen LogP contribution in [-0.2, 0) is 4.74 Å². The van der Waals surface area contributed by atoms with Gasteiger partial charge in [-0.2, -0.15) is 0 Å². The van der Waals surface area contributed by atoms with Crippen molar-refractivity contribution in [2.75, 3.05) is 0 Å². The van der Waals surface area contributed by atoms with Crippen LogP contribution in [0.5, 0.6) is 0 Å². The smallest absolute Gasteiger partial charge is 0.338 e. The zero-order valence-corrected chi connectivity index (χ0v) is 13.9. The zero-order chi connectivity index (χ0) is 16.2. The van der Waals surface area contributed by atoms with Crippen molar-refractivity contribution in [3.8, 4) is 11.5 Å². The SMILES string of the molecule is C[C@@H](OC(=O)c1cccc(Br)c1)c1nnc(-c2ccccc2)o1. The Morgan fingerprint density at radius 2 is 1.91 bits per heavy atom. The van der Waals surface area contributed by atoms with Crippen LogP contribution in [0.15, 0.2) is 63.5 Å². The molecule has 1 atom stereocenters. The van der Waals surface area contributed by atoms with Gasteiger partial charge in [-0.05, 0) is 37.3 Å². The summed E-state index contributed by atoms with van der Waals surface area (Å²) in [6, 6.07) is 16.4. The molecule has 6 heteroatoms. The lowest BCUT2D eigenvalue weighted by Gasteiger charge is -2.09. The number of benzene rings is 2. The highest BCUT2D eigenvalue weighted by atomic mass is 79.9. The van der Waals surface area contributed by atoms with E-state index in [2.05, 4.69) is 26.1 Å². The molecule has 0 aliphatic heterocycles. The Hall–Kier alpha value is -2.47. The first-order valence-electron chi connectivity index (χ1n) is 6.99. The lowest BCUT2D eigenvalue weighted by molar-refractivity contribution is 0.0280. The molecule has 23 heavy (non-hydrogen) atoms. The molecule has 1 aromatic heterocycles. The summed E-state index contributed by atoms with van der Waals surface area (Å²) in [6.07, 6.45) is -0.633. The Labute approximate surface area is 141 Å². The number of hydrogen-bond acceptors (Lipinski definition) is 5. The first kappa shape index (κ1) is 15.4. The van der Waals surface area contributed by atoms with Gasteiger partial charge in [-0.3, -0.25) is 0 Å². The maximum Gasteiger partial charge on any atom is 0.338 e. The molecular weight excluding hydrogens is 360 g/mol. The van der Waals surface area contributed by atoms with Gasteiger partial charge >= 0.3 is 5.97 Å². The van der Waals surface area contributed by atoms with Crippen molar-refractivity contribution in [1.82, 2.24) is 10.2 Å². The second kappa shape index (κ2) is 6.75. The van der Waals surface area contributed by atoms with Crippen LogP contribution in [0.2, 0.25) is 0 Å². The lowest BCUT2D eigenvalue weighted by atomic mass is 10.2. The molecule has 0 N–H and O–H groups in total. The van der Waals surface area contributed by atoms with Gasteiger partial charge in [0.05, 0.1) is 5.56 Å². The summed E-state index contributed by atoms with van der Waals surface area (Å²) in [7, 11) is 0. The minimum absolute atomic E-state index is 0.257. The fourth-order valence-electron chi connectivity index (χ4n) is 1.99. The number of esters is 1.